The van der Waals surface area contributed by atoms with Crippen LogP contribution in [-0.4, -0.2) is 24.3 Å². The molecule has 1 N–H and O–H groups in total. The summed E-state index contributed by atoms with van der Waals surface area (Å²) < 4.78 is 9.98. The highest BCUT2D eigenvalue weighted by Crippen LogP contribution is 2.39. The van der Waals surface area contributed by atoms with E-state index in [-0.39, 0.29) is 6.10 Å². The fourth-order valence-corrected chi connectivity index (χ4v) is 1.35. The molecule has 4 heteroatoms. The summed E-state index contributed by atoms with van der Waals surface area (Å²) in [6.07, 6.45) is -0.971. The smallest absolute Gasteiger partial charge is 0.335 e. The lowest BCUT2D eigenvalue weighted by Crippen LogP contribution is -2.04. The third-order valence-corrected chi connectivity index (χ3v) is 2.18. The van der Waals surface area contributed by atoms with Gasteiger partial charge in [-0.2, -0.15) is 0 Å². The van der Waals surface area contributed by atoms with Gasteiger partial charge >= 0.3 is 5.97 Å². The molecule has 0 amide bonds. The van der Waals surface area contributed by atoms with E-state index in [0.29, 0.717) is 0 Å². The summed E-state index contributed by atoms with van der Waals surface area (Å²) in [5, 5.41) is 8.64. The minimum absolute atomic E-state index is 0.293. The lowest BCUT2D eigenvalue weighted by atomic mass is 10.1. The standard InChI is InChI=1S/C10H10O4/c1-13-7-4-2-6(3-5-7)8-9(14-8)10(11)12/h2-5,8-9H,1H3,(H,11,12)/t8-,9-/m1/s1. The van der Waals surface area contributed by atoms with Crippen LogP contribution in [0.2, 0.25) is 0 Å². The summed E-state index contributed by atoms with van der Waals surface area (Å²) in [5.74, 6) is -0.160. The third-order valence-electron chi connectivity index (χ3n) is 2.18. The van der Waals surface area contributed by atoms with Crippen LogP contribution in [0.1, 0.15) is 11.7 Å². The number of rotatable bonds is 3. The molecule has 14 heavy (non-hydrogen) atoms. The fourth-order valence-electron chi connectivity index (χ4n) is 1.35. The highest BCUT2D eigenvalue weighted by atomic mass is 16.6. The van der Waals surface area contributed by atoms with Crippen LogP contribution in [-0.2, 0) is 9.53 Å². The summed E-state index contributed by atoms with van der Waals surface area (Å²) in [7, 11) is 1.59. The first kappa shape index (κ1) is 9.02. The van der Waals surface area contributed by atoms with Crippen LogP contribution < -0.4 is 4.74 Å². The predicted octanol–water partition coefficient (Wildman–Crippen LogP) is 1.22. The van der Waals surface area contributed by atoms with Crippen molar-refractivity contribution in [3.05, 3.63) is 29.8 Å². The van der Waals surface area contributed by atoms with Gasteiger partial charge < -0.3 is 14.6 Å². The second kappa shape index (κ2) is 3.31. The monoisotopic (exact) mass is 194 g/mol. The van der Waals surface area contributed by atoms with Crippen LogP contribution in [0.5, 0.6) is 5.75 Å². The first-order valence-electron chi connectivity index (χ1n) is 4.24. The van der Waals surface area contributed by atoms with Crippen molar-refractivity contribution in [2.75, 3.05) is 7.11 Å². The van der Waals surface area contributed by atoms with Crippen molar-refractivity contribution in [3.63, 3.8) is 0 Å². The minimum Gasteiger partial charge on any atom is -0.497 e. The zero-order chi connectivity index (χ0) is 10.1. The van der Waals surface area contributed by atoms with Gasteiger partial charge in [0.15, 0.2) is 6.10 Å². The van der Waals surface area contributed by atoms with E-state index < -0.39 is 12.1 Å². The highest BCUT2D eigenvalue weighted by Gasteiger charge is 2.46. The van der Waals surface area contributed by atoms with E-state index in [1.807, 2.05) is 12.1 Å². The average molecular weight is 194 g/mol. The molecule has 0 aromatic heterocycles. The normalized spacial score (nSPS) is 24.4. The Morgan fingerprint density at radius 2 is 2.07 bits per heavy atom. The van der Waals surface area contributed by atoms with Crippen LogP contribution in [0.15, 0.2) is 24.3 Å². The lowest BCUT2D eigenvalue weighted by molar-refractivity contribution is -0.138. The summed E-state index contributed by atoms with van der Waals surface area (Å²) in [4.78, 5) is 10.5. The molecule has 2 rings (SSSR count). The van der Waals surface area contributed by atoms with E-state index in [0.717, 1.165) is 11.3 Å². The number of hydrogen-bond acceptors (Lipinski definition) is 3. The molecular formula is C10H10O4. The van der Waals surface area contributed by atoms with Crippen molar-refractivity contribution in [2.24, 2.45) is 0 Å². The molecule has 0 bridgehead atoms. The summed E-state index contributed by atoms with van der Waals surface area (Å²) in [6, 6.07) is 7.20. The topological polar surface area (TPSA) is 59.1 Å². The minimum atomic E-state index is -0.911. The Hall–Kier alpha value is -1.55. The number of benzene rings is 1. The van der Waals surface area contributed by atoms with Crippen LogP contribution in [0.3, 0.4) is 0 Å². The van der Waals surface area contributed by atoms with Crippen LogP contribution in [0, 0.1) is 0 Å². The Labute approximate surface area is 81.1 Å². The predicted molar refractivity (Wildman–Crippen MR) is 48.2 cm³/mol. The fraction of sp³-hybridized carbons (Fsp3) is 0.300. The number of hydrogen-bond donors (Lipinski definition) is 1. The van der Waals surface area contributed by atoms with Gasteiger partial charge in [0.1, 0.15) is 11.9 Å². The summed E-state index contributed by atoms with van der Waals surface area (Å²) >= 11 is 0. The van der Waals surface area contributed by atoms with E-state index >= 15 is 0 Å². The van der Waals surface area contributed by atoms with Crippen LogP contribution in [0.25, 0.3) is 0 Å². The quantitative estimate of drug-likeness (QED) is 0.735. The van der Waals surface area contributed by atoms with Crippen molar-refractivity contribution in [1.82, 2.24) is 0 Å². The maximum atomic E-state index is 10.5. The molecule has 0 aliphatic carbocycles. The maximum Gasteiger partial charge on any atom is 0.335 e. The Morgan fingerprint density at radius 1 is 1.43 bits per heavy atom. The average Bonchev–Trinajstić information content (AvgIpc) is 2.97. The molecule has 1 aliphatic rings. The number of methoxy groups -OCH3 is 1. The van der Waals surface area contributed by atoms with E-state index in [1.165, 1.54) is 0 Å². The van der Waals surface area contributed by atoms with Crippen molar-refractivity contribution in [2.45, 2.75) is 12.2 Å². The number of epoxide rings is 1. The molecule has 1 saturated heterocycles. The molecule has 1 aromatic carbocycles. The highest BCUT2D eigenvalue weighted by molar-refractivity contribution is 5.76. The Kier molecular flexibility index (Phi) is 2.13. The summed E-state index contributed by atoms with van der Waals surface area (Å²) in [6.45, 7) is 0. The first-order chi connectivity index (χ1) is 6.72. The number of carboxylic acids is 1. The van der Waals surface area contributed by atoms with Gasteiger partial charge in [0.25, 0.3) is 0 Å². The van der Waals surface area contributed by atoms with E-state index in [9.17, 15) is 4.79 Å². The van der Waals surface area contributed by atoms with Crippen molar-refractivity contribution in [3.8, 4) is 5.75 Å². The molecule has 0 spiro atoms. The Bertz CT molecular complexity index is 344. The second-order valence-electron chi connectivity index (χ2n) is 3.09. The molecule has 1 fully saturated rings. The van der Waals surface area contributed by atoms with E-state index in [4.69, 9.17) is 14.6 Å². The van der Waals surface area contributed by atoms with Gasteiger partial charge in [0, 0.05) is 0 Å². The molecule has 1 aromatic rings. The SMILES string of the molecule is COc1ccc([C@H]2O[C@H]2C(=O)O)cc1. The van der Waals surface area contributed by atoms with Crippen molar-refractivity contribution in [1.29, 1.82) is 0 Å². The van der Waals surface area contributed by atoms with Gasteiger partial charge in [0.2, 0.25) is 0 Å². The molecule has 2 atom stereocenters. The molecule has 1 aliphatic heterocycles. The number of carbonyl (C=O) groups is 1. The van der Waals surface area contributed by atoms with Gasteiger partial charge in [0.05, 0.1) is 7.11 Å². The molecular weight excluding hydrogens is 184 g/mol. The summed E-state index contributed by atoms with van der Waals surface area (Å²) in [5.41, 5.74) is 0.873. The number of carboxylic acid groups (broad SMARTS) is 1. The number of ether oxygens (including phenoxy) is 2. The van der Waals surface area contributed by atoms with Gasteiger partial charge in [-0.25, -0.2) is 4.79 Å². The van der Waals surface area contributed by atoms with Crippen molar-refractivity contribution < 1.29 is 19.4 Å². The van der Waals surface area contributed by atoms with Gasteiger partial charge in [-0.05, 0) is 17.7 Å². The van der Waals surface area contributed by atoms with Gasteiger partial charge in [-0.15, -0.1) is 0 Å². The molecule has 4 nitrogen and oxygen atoms in total. The third kappa shape index (κ3) is 1.56. The number of aliphatic carboxylic acids is 1. The first-order valence-corrected chi connectivity index (χ1v) is 4.24. The molecule has 1 heterocycles. The van der Waals surface area contributed by atoms with Gasteiger partial charge in [-0.3, -0.25) is 0 Å². The van der Waals surface area contributed by atoms with Crippen molar-refractivity contribution >= 4 is 5.97 Å². The Morgan fingerprint density at radius 3 is 2.50 bits per heavy atom. The second-order valence-corrected chi connectivity index (χ2v) is 3.09. The van der Waals surface area contributed by atoms with Gasteiger partial charge in [-0.1, -0.05) is 12.1 Å². The molecule has 0 saturated carbocycles. The van der Waals surface area contributed by atoms with E-state index in [2.05, 4.69) is 0 Å². The van der Waals surface area contributed by atoms with Crippen LogP contribution in [0.4, 0.5) is 0 Å². The molecule has 0 radical (unpaired) electrons. The van der Waals surface area contributed by atoms with Crippen LogP contribution >= 0.6 is 0 Å². The zero-order valence-electron chi connectivity index (χ0n) is 7.64. The molecule has 74 valence electrons. The molecule has 0 unspecified atom stereocenters. The Balaban J connectivity index is 2.08. The van der Waals surface area contributed by atoms with E-state index in [1.54, 1.807) is 19.2 Å². The largest absolute Gasteiger partial charge is 0.497 e. The maximum absolute atomic E-state index is 10.5. The zero-order valence-corrected chi connectivity index (χ0v) is 7.64. The lowest BCUT2D eigenvalue weighted by Gasteiger charge is -1.99.